The van der Waals surface area contributed by atoms with Crippen LogP contribution in [0, 0.1) is 13.8 Å². The van der Waals surface area contributed by atoms with Gasteiger partial charge < -0.3 is 9.47 Å². The maximum atomic E-state index is 13.2. The van der Waals surface area contributed by atoms with Gasteiger partial charge in [0.15, 0.2) is 11.5 Å². The molecule has 0 aliphatic carbocycles. The molecule has 0 radical (unpaired) electrons. The fourth-order valence-electron chi connectivity index (χ4n) is 3.47. The number of halogens is 1. The Morgan fingerprint density at radius 3 is 2.33 bits per heavy atom. The van der Waals surface area contributed by atoms with E-state index >= 15 is 0 Å². The highest BCUT2D eigenvalue weighted by molar-refractivity contribution is 6.39. The SMILES string of the molecule is CCOc1cc(/C=C2\C(=O)NC(=O)N(c3cc(C)cc(C)c3)C2=O)cc(Cl)c1O[C@@H](C)CC. The van der Waals surface area contributed by atoms with Gasteiger partial charge in [-0.25, -0.2) is 9.69 Å². The van der Waals surface area contributed by atoms with E-state index in [0.29, 0.717) is 34.4 Å². The second-order valence-corrected chi connectivity index (χ2v) is 8.31. The first-order chi connectivity index (χ1) is 15.6. The van der Waals surface area contributed by atoms with Gasteiger partial charge in [0.1, 0.15) is 5.57 Å². The second kappa shape index (κ2) is 10.1. The number of carbonyl (C=O) groups is 3. The summed E-state index contributed by atoms with van der Waals surface area (Å²) in [7, 11) is 0. The second-order valence-electron chi connectivity index (χ2n) is 7.90. The number of aryl methyl sites for hydroxylation is 2. The molecule has 33 heavy (non-hydrogen) atoms. The Bertz CT molecular complexity index is 1120. The van der Waals surface area contributed by atoms with Crippen molar-refractivity contribution >= 4 is 41.2 Å². The third-order valence-corrected chi connectivity index (χ3v) is 5.38. The van der Waals surface area contributed by atoms with Gasteiger partial charge >= 0.3 is 6.03 Å². The number of rotatable bonds is 7. The van der Waals surface area contributed by atoms with E-state index in [-0.39, 0.29) is 11.7 Å². The number of nitrogens with one attached hydrogen (secondary N) is 1. The van der Waals surface area contributed by atoms with Crippen molar-refractivity contribution in [2.45, 2.75) is 47.1 Å². The highest BCUT2D eigenvalue weighted by atomic mass is 35.5. The molecule has 7 nitrogen and oxygen atoms in total. The quantitative estimate of drug-likeness (QED) is 0.444. The van der Waals surface area contributed by atoms with E-state index < -0.39 is 17.8 Å². The molecule has 174 valence electrons. The fourth-order valence-corrected chi connectivity index (χ4v) is 3.74. The first-order valence-corrected chi connectivity index (χ1v) is 11.1. The van der Waals surface area contributed by atoms with Crippen LogP contribution in [0.4, 0.5) is 10.5 Å². The molecule has 3 rings (SSSR count). The van der Waals surface area contributed by atoms with E-state index in [1.165, 1.54) is 6.08 Å². The summed E-state index contributed by atoms with van der Waals surface area (Å²) >= 11 is 6.46. The molecule has 1 fully saturated rings. The number of anilines is 1. The zero-order valence-electron chi connectivity index (χ0n) is 19.3. The zero-order chi connectivity index (χ0) is 24.3. The van der Waals surface area contributed by atoms with Crippen LogP contribution in [0.15, 0.2) is 35.9 Å². The molecule has 1 aliphatic heterocycles. The summed E-state index contributed by atoms with van der Waals surface area (Å²) in [6, 6.07) is 7.80. The minimum atomic E-state index is -0.794. The van der Waals surface area contributed by atoms with Crippen molar-refractivity contribution in [3.8, 4) is 11.5 Å². The van der Waals surface area contributed by atoms with Gasteiger partial charge in [0, 0.05) is 0 Å². The van der Waals surface area contributed by atoms with Gasteiger partial charge in [-0.3, -0.25) is 14.9 Å². The van der Waals surface area contributed by atoms with Gasteiger partial charge in [-0.05, 0) is 81.1 Å². The highest BCUT2D eigenvalue weighted by Gasteiger charge is 2.37. The van der Waals surface area contributed by atoms with Crippen LogP contribution in [0.25, 0.3) is 6.08 Å². The van der Waals surface area contributed by atoms with Gasteiger partial charge in [0.25, 0.3) is 11.8 Å². The van der Waals surface area contributed by atoms with Crippen molar-refractivity contribution in [3.05, 3.63) is 57.6 Å². The first-order valence-electron chi connectivity index (χ1n) is 10.8. The predicted molar refractivity (Wildman–Crippen MR) is 128 cm³/mol. The van der Waals surface area contributed by atoms with Gasteiger partial charge in [0.05, 0.1) is 23.4 Å². The van der Waals surface area contributed by atoms with E-state index in [1.54, 1.807) is 24.3 Å². The largest absolute Gasteiger partial charge is 0.490 e. The average molecular weight is 471 g/mol. The van der Waals surface area contributed by atoms with Gasteiger partial charge in [-0.2, -0.15) is 0 Å². The van der Waals surface area contributed by atoms with Crippen LogP contribution in [0.2, 0.25) is 5.02 Å². The van der Waals surface area contributed by atoms with Gasteiger partial charge in [0.2, 0.25) is 0 Å². The van der Waals surface area contributed by atoms with Crippen molar-refractivity contribution in [1.29, 1.82) is 0 Å². The topological polar surface area (TPSA) is 84.9 Å². The Balaban J connectivity index is 2.04. The molecule has 1 heterocycles. The maximum absolute atomic E-state index is 13.2. The summed E-state index contributed by atoms with van der Waals surface area (Å²) in [5.74, 6) is -0.688. The normalized spacial score (nSPS) is 16.1. The Labute approximate surface area is 198 Å². The van der Waals surface area contributed by atoms with E-state index in [4.69, 9.17) is 21.1 Å². The van der Waals surface area contributed by atoms with Crippen LogP contribution in [-0.2, 0) is 9.59 Å². The number of nitrogens with zero attached hydrogens (tertiary/aromatic N) is 1. The van der Waals surface area contributed by atoms with E-state index in [0.717, 1.165) is 22.4 Å². The molecule has 0 bridgehead atoms. The zero-order valence-corrected chi connectivity index (χ0v) is 20.1. The number of hydrogen-bond donors (Lipinski definition) is 1. The van der Waals surface area contributed by atoms with Crippen LogP contribution in [0.3, 0.4) is 0 Å². The highest BCUT2D eigenvalue weighted by Crippen LogP contribution is 2.38. The first kappa shape index (κ1) is 24.3. The van der Waals surface area contributed by atoms with Crippen molar-refractivity contribution in [2.24, 2.45) is 0 Å². The van der Waals surface area contributed by atoms with Gasteiger partial charge in [-0.1, -0.05) is 24.6 Å². The van der Waals surface area contributed by atoms with Crippen LogP contribution >= 0.6 is 11.6 Å². The summed E-state index contributed by atoms with van der Waals surface area (Å²) in [5, 5.41) is 2.53. The minimum absolute atomic E-state index is 0.0750. The lowest BCUT2D eigenvalue weighted by Gasteiger charge is -2.27. The lowest BCUT2D eigenvalue weighted by molar-refractivity contribution is -0.122. The summed E-state index contributed by atoms with van der Waals surface area (Å²) in [5.41, 5.74) is 2.44. The van der Waals surface area contributed by atoms with Crippen molar-refractivity contribution in [1.82, 2.24) is 5.32 Å². The fraction of sp³-hybridized carbons (Fsp3) is 0.320. The number of imide groups is 2. The van der Waals surface area contributed by atoms with Crippen LogP contribution in [0.5, 0.6) is 11.5 Å². The minimum Gasteiger partial charge on any atom is -0.490 e. The van der Waals surface area contributed by atoms with E-state index in [1.807, 2.05) is 40.7 Å². The number of urea groups is 1. The Hall–Kier alpha value is -3.32. The molecular weight excluding hydrogens is 444 g/mol. The molecule has 1 aliphatic rings. The molecule has 0 spiro atoms. The smallest absolute Gasteiger partial charge is 0.335 e. The molecule has 4 amide bonds. The van der Waals surface area contributed by atoms with E-state index in [9.17, 15) is 14.4 Å². The molecule has 0 unspecified atom stereocenters. The summed E-state index contributed by atoms with van der Waals surface area (Å²) in [6.45, 7) is 9.86. The number of carbonyl (C=O) groups excluding carboxylic acids is 3. The lowest BCUT2D eigenvalue weighted by atomic mass is 10.0. The average Bonchev–Trinajstić information content (AvgIpc) is 2.72. The predicted octanol–water partition coefficient (Wildman–Crippen LogP) is 5.20. The number of amides is 4. The number of barbiturate groups is 1. The molecule has 0 aromatic heterocycles. The molecule has 1 N–H and O–H groups in total. The number of ether oxygens (including phenoxy) is 2. The lowest BCUT2D eigenvalue weighted by Crippen LogP contribution is -2.54. The van der Waals surface area contributed by atoms with Crippen molar-refractivity contribution in [3.63, 3.8) is 0 Å². The molecule has 2 aromatic carbocycles. The summed E-state index contributed by atoms with van der Waals surface area (Å²) in [6.07, 6.45) is 2.10. The Morgan fingerprint density at radius 2 is 1.73 bits per heavy atom. The van der Waals surface area contributed by atoms with Gasteiger partial charge in [-0.15, -0.1) is 0 Å². The van der Waals surface area contributed by atoms with Crippen LogP contribution < -0.4 is 19.7 Å². The number of hydrogen-bond acceptors (Lipinski definition) is 5. The molecule has 2 aromatic rings. The standard InChI is InChI=1S/C25H27ClN2O5/c1-6-16(5)33-22-20(26)12-17(13-21(22)32-7-2)11-19-23(29)27-25(31)28(24(19)30)18-9-14(3)8-15(4)10-18/h8-13,16H,6-7H2,1-5H3,(H,27,29,31)/b19-11+/t16-/m0/s1. The van der Waals surface area contributed by atoms with Crippen LogP contribution in [-0.4, -0.2) is 30.6 Å². The third kappa shape index (κ3) is 5.37. The molecule has 8 heteroatoms. The Kier molecular flexibility index (Phi) is 7.43. The molecule has 1 atom stereocenters. The van der Waals surface area contributed by atoms with Crippen LogP contribution in [0.1, 0.15) is 43.9 Å². The Morgan fingerprint density at radius 1 is 1.06 bits per heavy atom. The molecule has 0 saturated carbocycles. The number of benzene rings is 2. The monoisotopic (exact) mass is 470 g/mol. The van der Waals surface area contributed by atoms with E-state index in [2.05, 4.69) is 5.32 Å². The van der Waals surface area contributed by atoms with Crippen molar-refractivity contribution in [2.75, 3.05) is 11.5 Å². The molecular formula is C25H27ClN2O5. The molecule has 1 saturated heterocycles. The third-order valence-electron chi connectivity index (χ3n) is 5.10. The van der Waals surface area contributed by atoms with Crippen molar-refractivity contribution < 1.29 is 23.9 Å². The summed E-state index contributed by atoms with van der Waals surface area (Å²) in [4.78, 5) is 39.2. The summed E-state index contributed by atoms with van der Waals surface area (Å²) < 4.78 is 11.6. The maximum Gasteiger partial charge on any atom is 0.335 e.